The lowest BCUT2D eigenvalue weighted by Gasteiger charge is -2.40. The fourth-order valence-electron chi connectivity index (χ4n) is 9.13. The van der Waals surface area contributed by atoms with Crippen LogP contribution in [0, 0.1) is 0 Å². The summed E-state index contributed by atoms with van der Waals surface area (Å²) in [7, 11) is 0. The van der Waals surface area contributed by atoms with Crippen molar-refractivity contribution in [1.29, 1.82) is 0 Å². The Bertz CT molecular complexity index is 1150. The van der Waals surface area contributed by atoms with Crippen LogP contribution in [0.5, 0.6) is 0 Å². The van der Waals surface area contributed by atoms with Crippen molar-refractivity contribution in [3.63, 3.8) is 0 Å². The van der Waals surface area contributed by atoms with Gasteiger partial charge < -0.3 is 40.3 Å². The highest BCUT2D eigenvalue weighted by Gasteiger charge is 2.44. The van der Waals surface area contributed by atoms with Gasteiger partial charge in [0.05, 0.1) is 25.4 Å². The second-order valence-electron chi connectivity index (χ2n) is 20.1. The molecule has 0 aromatic carbocycles. The molecule has 1 aliphatic heterocycles. The summed E-state index contributed by atoms with van der Waals surface area (Å²) in [6.07, 6.45) is 55.2. The zero-order valence-corrected chi connectivity index (χ0v) is 43.7. The molecule has 0 aliphatic carbocycles. The summed E-state index contributed by atoms with van der Waals surface area (Å²) >= 11 is 0. The zero-order chi connectivity index (χ0) is 48.7. The molecule has 7 atom stereocenters. The van der Waals surface area contributed by atoms with Crippen LogP contribution in [0.1, 0.15) is 271 Å². The van der Waals surface area contributed by atoms with Crippen LogP contribution in [0.25, 0.3) is 0 Å². The van der Waals surface area contributed by atoms with E-state index in [9.17, 15) is 30.3 Å². The van der Waals surface area contributed by atoms with E-state index < -0.39 is 49.5 Å². The SMILES string of the molecule is CCCCCCCCCCC/C=C\C/C=C\CCCCCCCCCCCCCCCCCCCC(=O)NC(COC1OC(CO)C(O)C(O)C1O)C(O)/C=C/CCCCCCCCCCC. The number of aliphatic hydroxyl groups is 5. The average Bonchev–Trinajstić information content (AvgIpc) is 3.33. The van der Waals surface area contributed by atoms with Gasteiger partial charge in [0.1, 0.15) is 24.4 Å². The number of amides is 1. The van der Waals surface area contributed by atoms with Gasteiger partial charge in [-0.3, -0.25) is 4.79 Å². The monoisotopic (exact) mass is 948 g/mol. The molecule has 0 aromatic heterocycles. The minimum Gasteiger partial charge on any atom is -0.394 e. The Morgan fingerprint density at radius 3 is 1.28 bits per heavy atom. The Labute approximate surface area is 412 Å². The second-order valence-corrected chi connectivity index (χ2v) is 20.1. The molecule has 0 aromatic rings. The molecule has 0 bridgehead atoms. The van der Waals surface area contributed by atoms with Gasteiger partial charge in [0.25, 0.3) is 0 Å². The van der Waals surface area contributed by atoms with Gasteiger partial charge in [0.2, 0.25) is 5.91 Å². The summed E-state index contributed by atoms with van der Waals surface area (Å²) in [4.78, 5) is 13.0. The second kappa shape index (κ2) is 48.1. The predicted octanol–water partition coefficient (Wildman–Crippen LogP) is 14.0. The van der Waals surface area contributed by atoms with Crippen LogP contribution in [0.2, 0.25) is 0 Å². The lowest BCUT2D eigenvalue weighted by Crippen LogP contribution is -2.60. The molecule has 1 amide bonds. The first-order chi connectivity index (χ1) is 32.8. The van der Waals surface area contributed by atoms with Crippen LogP contribution in [0.3, 0.4) is 0 Å². The minimum absolute atomic E-state index is 0.176. The van der Waals surface area contributed by atoms with Gasteiger partial charge in [-0.1, -0.05) is 249 Å². The van der Waals surface area contributed by atoms with Crippen molar-refractivity contribution in [2.45, 2.75) is 314 Å². The lowest BCUT2D eigenvalue weighted by atomic mass is 9.99. The molecular weight excluding hydrogens is 839 g/mol. The summed E-state index contributed by atoms with van der Waals surface area (Å²) in [6.45, 7) is 3.77. The standard InChI is InChI=1S/C58H109NO8/c1-3-5-7-9-11-13-15-16-17-18-19-20-21-22-23-24-25-26-27-28-29-30-31-32-33-34-35-36-38-40-42-44-46-48-54(62)59-51(50-66-58-57(65)56(64)55(63)53(49-60)67-58)52(61)47-45-43-41-39-37-14-12-10-8-6-4-2/h19-20,22-23,45,47,51-53,55-58,60-61,63-65H,3-18,21,24-44,46,48-50H2,1-2H3,(H,59,62)/b20-19-,23-22-,47-45+. The number of aliphatic hydroxyl groups excluding tert-OH is 5. The normalized spacial score (nSPS) is 19.9. The van der Waals surface area contributed by atoms with Crippen molar-refractivity contribution in [3.05, 3.63) is 36.5 Å². The summed E-state index contributed by atoms with van der Waals surface area (Å²) in [5.41, 5.74) is 0. The molecule has 9 heteroatoms. The van der Waals surface area contributed by atoms with Crippen molar-refractivity contribution in [2.75, 3.05) is 13.2 Å². The Morgan fingerprint density at radius 1 is 0.507 bits per heavy atom. The van der Waals surface area contributed by atoms with E-state index in [1.165, 1.54) is 205 Å². The van der Waals surface area contributed by atoms with E-state index in [0.29, 0.717) is 6.42 Å². The van der Waals surface area contributed by atoms with Gasteiger partial charge in [-0.15, -0.1) is 0 Å². The number of unbranched alkanes of at least 4 members (excludes halogenated alkanes) is 35. The van der Waals surface area contributed by atoms with Crippen molar-refractivity contribution in [1.82, 2.24) is 5.32 Å². The van der Waals surface area contributed by atoms with E-state index in [1.54, 1.807) is 6.08 Å². The lowest BCUT2D eigenvalue weighted by molar-refractivity contribution is -0.302. The highest BCUT2D eigenvalue weighted by atomic mass is 16.7. The van der Waals surface area contributed by atoms with Crippen LogP contribution in [-0.4, -0.2) is 87.5 Å². The van der Waals surface area contributed by atoms with Gasteiger partial charge in [-0.05, 0) is 51.4 Å². The molecule has 394 valence electrons. The first-order valence-corrected chi connectivity index (χ1v) is 28.7. The Balaban J connectivity index is 2.09. The van der Waals surface area contributed by atoms with Gasteiger partial charge >= 0.3 is 0 Å². The minimum atomic E-state index is -1.56. The Kier molecular flexibility index (Phi) is 45.5. The molecule has 1 heterocycles. The number of carbonyl (C=O) groups excluding carboxylic acids is 1. The van der Waals surface area contributed by atoms with Crippen LogP contribution in [0.15, 0.2) is 36.5 Å². The number of carbonyl (C=O) groups is 1. The smallest absolute Gasteiger partial charge is 0.220 e. The van der Waals surface area contributed by atoms with Crippen molar-refractivity contribution in [2.24, 2.45) is 0 Å². The van der Waals surface area contributed by atoms with Crippen LogP contribution in [-0.2, 0) is 14.3 Å². The van der Waals surface area contributed by atoms with Gasteiger partial charge in [-0.25, -0.2) is 0 Å². The predicted molar refractivity (Wildman–Crippen MR) is 281 cm³/mol. The summed E-state index contributed by atoms with van der Waals surface area (Å²) < 4.78 is 11.2. The molecule has 7 unspecified atom stereocenters. The third-order valence-corrected chi connectivity index (χ3v) is 13.7. The maximum Gasteiger partial charge on any atom is 0.220 e. The molecule has 0 radical (unpaired) electrons. The number of hydrogen-bond donors (Lipinski definition) is 6. The van der Waals surface area contributed by atoms with E-state index >= 15 is 0 Å². The Hall–Kier alpha value is -1.59. The highest BCUT2D eigenvalue weighted by molar-refractivity contribution is 5.76. The molecule has 0 saturated carbocycles. The van der Waals surface area contributed by atoms with Crippen LogP contribution in [0.4, 0.5) is 0 Å². The average molecular weight is 949 g/mol. The summed E-state index contributed by atoms with van der Waals surface area (Å²) in [6, 6.07) is -0.802. The molecule has 0 spiro atoms. The molecule has 67 heavy (non-hydrogen) atoms. The molecule has 6 N–H and O–H groups in total. The van der Waals surface area contributed by atoms with E-state index in [0.717, 1.165) is 44.9 Å². The molecule has 1 aliphatic rings. The number of nitrogens with one attached hydrogen (secondary N) is 1. The maximum absolute atomic E-state index is 13.0. The quantitative estimate of drug-likeness (QED) is 0.0261. The van der Waals surface area contributed by atoms with Crippen molar-refractivity contribution < 1.29 is 39.8 Å². The fraction of sp³-hybridized carbons (Fsp3) is 0.879. The Morgan fingerprint density at radius 2 is 0.881 bits per heavy atom. The maximum atomic E-state index is 13.0. The van der Waals surface area contributed by atoms with E-state index in [2.05, 4.69) is 43.5 Å². The van der Waals surface area contributed by atoms with E-state index in [-0.39, 0.29) is 12.5 Å². The third kappa shape index (κ3) is 37.9. The number of allylic oxidation sites excluding steroid dienone is 5. The van der Waals surface area contributed by atoms with Gasteiger partial charge in [-0.2, -0.15) is 0 Å². The van der Waals surface area contributed by atoms with Crippen molar-refractivity contribution >= 4 is 5.91 Å². The highest BCUT2D eigenvalue weighted by Crippen LogP contribution is 2.23. The first kappa shape index (κ1) is 63.4. The topological polar surface area (TPSA) is 149 Å². The molecular formula is C58H109NO8. The van der Waals surface area contributed by atoms with Crippen LogP contribution >= 0.6 is 0 Å². The number of hydrogen-bond acceptors (Lipinski definition) is 8. The number of rotatable bonds is 49. The summed E-state index contributed by atoms with van der Waals surface area (Å²) in [5, 5.41) is 54.3. The molecule has 1 rings (SSSR count). The van der Waals surface area contributed by atoms with Gasteiger partial charge in [0, 0.05) is 6.42 Å². The molecule has 1 fully saturated rings. The van der Waals surface area contributed by atoms with E-state index in [4.69, 9.17) is 9.47 Å². The zero-order valence-electron chi connectivity index (χ0n) is 43.7. The van der Waals surface area contributed by atoms with E-state index in [1.807, 2.05) is 6.08 Å². The van der Waals surface area contributed by atoms with Crippen LogP contribution < -0.4 is 5.32 Å². The molecule has 9 nitrogen and oxygen atoms in total. The third-order valence-electron chi connectivity index (χ3n) is 13.7. The molecule has 1 saturated heterocycles. The van der Waals surface area contributed by atoms with Crippen molar-refractivity contribution in [3.8, 4) is 0 Å². The fourth-order valence-corrected chi connectivity index (χ4v) is 9.13. The number of ether oxygens (including phenoxy) is 2. The summed E-state index contributed by atoms with van der Waals surface area (Å²) in [5.74, 6) is -0.176. The largest absolute Gasteiger partial charge is 0.394 e. The first-order valence-electron chi connectivity index (χ1n) is 28.7. The van der Waals surface area contributed by atoms with Gasteiger partial charge in [0.15, 0.2) is 6.29 Å².